The molecule has 3 amide bonds. The van der Waals surface area contributed by atoms with Gasteiger partial charge in [-0.05, 0) is 49.8 Å². The molecule has 11 nitrogen and oxygen atoms in total. The van der Waals surface area contributed by atoms with E-state index >= 15 is 0 Å². The molecular weight excluding hydrogens is 460 g/mol. The van der Waals surface area contributed by atoms with Crippen LogP contribution in [0.3, 0.4) is 0 Å². The van der Waals surface area contributed by atoms with Crippen LogP contribution in [0, 0.1) is 0 Å². The molecular formula is C22H24N6O5S. The Labute approximate surface area is 196 Å². The summed E-state index contributed by atoms with van der Waals surface area (Å²) in [6, 6.07) is 4.68. The van der Waals surface area contributed by atoms with E-state index in [-0.39, 0.29) is 24.8 Å². The van der Waals surface area contributed by atoms with Crippen LogP contribution in [-0.4, -0.2) is 67.7 Å². The van der Waals surface area contributed by atoms with Gasteiger partial charge in [-0.1, -0.05) is 11.3 Å². The minimum atomic E-state index is -3.33. The Kier molecular flexibility index (Phi) is 4.69. The first-order valence-electron chi connectivity index (χ1n) is 11.5. The lowest BCUT2D eigenvalue weighted by molar-refractivity contribution is -0.136. The molecule has 4 aliphatic rings. The Morgan fingerprint density at radius 2 is 1.97 bits per heavy atom. The SMILES string of the molecule is O=C1CCC(N2Cc3ccc(-n4cc(CN5CCCC6(CC6)S5(=O)=O)nn4)cc3C2=O)C(=O)N1. The van der Waals surface area contributed by atoms with Crippen LogP contribution in [0.15, 0.2) is 24.4 Å². The topological polar surface area (TPSA) is 135 Å². The molecule has 4 heterocycles. The number of amides is 3. The highest BCUT2D eigenvalue weighted by Gasteiger charge is 2.58. The zero-order valence-corrected chi connectivity index (χ0v) is 19.3. The summed E-state index contributed by atoms with van der Waals surface area (Å²) in [6.45, 7) is 0.968. The van der Waals surface area contributed by atoms with Gasteiger partial charge in [0.1, 0.15) is 6.04 Å². The van der Waals surface area contributed by atoms with Crippen LogP contribution in [0.4, 0.5) is 0 Å². The summed E-state index contributed by atoms with van der Waals surface area (Å²) >= 11 is 0. The average Bonchev–Trinajstić information content (AvgIpc) is 3.33. The van der Waals surface area contributed by atoms with E-state index in [1.54, 1.807) is 12.3 Å². The predicted octanol–water partition coefficient (Wildman–Crippen LogP) is 0.487. The summed E-state index contributed by atoms with van der Waals surface area (Å²) in [5.41, 5.74) is 2.44. The van der Waals surface area contributed by atoms with Gasteiger partial charge in [-0.25, -0.2) is 13.1 Å². The van der Waals surface area contributed by atoms with Crippen molar-refractivity contribution in [2.24, 2.45) is 0 Å². The number of aromatic nitrogens is 3. The van der Waals surface area contributed by atoms with Gasteiger partial charge in [0.15, 0.2) is 0 Å². The van der Waals surface area contributed by atoms with Crippen molar-refractivity contribution < 1.29 is 22.8 Å². The normalized spacial score (nSPS) is 25.5. The molecule has 1 aromatic carbocycles. The lowest BCUT2D eigenvalue weighted by atomic mass is 10.0. The summed E-state index contributed by atoms with van der Waals surface area (Å²) in [6.07, 6.45) is 5.25. The van der Waals surface area contributed by atoms with Crippen molar-refractivity contribution in [1.29, 1.82) is 0 Å². The van der Waals surface area contributed by atoms with Gasteiger partial charge in [0.05, 0.1) is 28.9 Å². The van der Waals surface area contributed by atoms with Crippen molar-refractivity contribution >= 4 is 27.7 Å². The van der Waals surface area contributed by atoms with Crippen LogP contribution in [0.1, 0.15) is 60.1 Å². The summed E-state index contributed by atoms with van der Waals surface area (Å²) in [5.74, 6) is -1.03. The van der Waals surface area contributed by atoms with Gasteiger partial charge in [0, 0.05) is 25.1 Å². The number of hydrogen-bond donors (Lipinski definition) is 1. The second kappa shape index (κ2) is 7.44. The van der Waals surface area contributed by atoms with E-state index in [0.29, 0.717) is 36.5 Å². The third-order valence-corrected chi connectivity index (χ3v) is 10.1. The van der Waals surface area contributed by atoms with E-state index in [9.17, 15) is 22.8 Å². The van der Waals surface area contributed by atoms with Gasteiger partial charge >= 0.3 is 0 Å². The number of fused-ring (bicyclic) bond motifs is 1. The number of hydrogen-bond acceptors (Lipinski definition) is 7. The molecule has 2 aromatic rings. The molecule has 2 saturated heterocycles. The van der Waals surface area contributed by atoms with Crippen LogP contribution in [0.2, 0.25) is 0 Å². The van der Waals surface area contributed by atoms with Gasteiger partial charge in [0.2, 0.25) is 21.8 Å². The average molecular weight is 485 g/mol. The number of carbonyl (C=O) groups excluding carboxylic acids is 3. The fraction of sp³-hybridized carbons (Fsp3) is 0.500. The smallest absolute Gasteiger partial charge is 0.255 e. The van der Waals surface area contributed by atoms with E-state index < -0.39 is 26.7 Å². The number of nitrogens with one attached hydrogen (secondary N) is 1. The summed E-state index contributed by atoms with van der Waals surface area (Å²) in [4.78, 5) is 38.2. The number of benzene rings is 1. The van der Waals surface area contributed by atoms with E-state index in [0.717, 1.165) is 31.2 Å². The number of piperidine rings is 1. The summed E-state index contributed by atoms with van der Waals surface area (Å²) < 4.78 is 28.3. The first kappa shape index (κ1) is 21.4. The van der Waals surface area contributed by atoms with Gasteiger partial charge in [-0.3, -0.25) is 19.7 Å². The van der Waals surface area contributed by atoms with Gasteiger partial charge in [-0.15, -0.1) is 5.10 Å². The van der Waals surface area contributed by atoms with Gasteiger partial charge in [-0.2, -0.15) is 4.31 Å². The minimum absolute atomic E-state index is 0.178. The largest absolute Gasteiger partial charge is 0.322 e. The molecule has 3 aliphatic heterocycles. The molecule has 1 unspecified atom stereocenters. The van der Waals surface area contributed by atoms with Crippen LogP contribution in [-0.2, 0) is 32.7 Å². The number of rotatable bonds is 4. The van der Waals surface area contributed by atoms with E-state index in [4.69, 9.17) is 0 Å². The lowest BCUT2D eigenvalue weighted by Gasteiger charge is -2.31. The quantitative estimate of drug-likeness (QED) is 0.624. The first-order chi connectivity index (χ1) is 16.3. The van der Waals surface area contributed by atoms with Crippen molar-refractivity contribution in [2.75, 3.05) is 6.54 Å². The van der Waals surface area contributed by atoms with Crippen molar-refractivity contribution in [3.8, 4) is 5.69 Å². The number of nitrogens with zero attached hydrogens (tertiary/aromatic N) is 5. The van der Waals surface area contributed by atoms with Gasteiger partial charge < -0.3 is 4.90 Å². The third kappa shape index (κ3) is 3.27. The molecule has 3 fully saturated rings. The Morgan fingerprint density at radius 1 is 1.15 bits per heavy atom. The molecule has 12 heteroatoms. The molecule has 1 aromatic heterocycles. The Hall–Kier alpha value is -3.12. The number of sulfonamides is 1. The van der Waals surface area contributed by atoms with E-state index in [1.807, 2.05) is 12.1 Å². The van der Waals surface area contributed by atoms with Crippen LogP contribution < -0.4 is 5.32 Å². The van der Waals surface area contributed by atoms with E-state index in [2.05, 4.69) is 15.6 Å². The zero-order chi connectivity index (χ0) is 23.7. The van der Waals surface area contributed by atoms with Crippen molar-refractivity contribution in [2.45, 2.75) is 62.4 Å². The zero-order valence-electron chi connectivity index (χ0n) is 18.4. The summed E-state index contributed by atoms with van der Waals surface area (Å²) in [5, 5.41) is 10.6. The maximum Gasteiger partial charge on any atom is 0.255 e. The second-order valence-electron chi connectivity index (χ2n) is 9.52. The van der Waals surface area contributed by atoms with Crippen molar-refractivity contribution in [3.63, 3.8) is 0 Å². The van der Waals surface area contributed by atoms with Crippen molar-refractivity contribution in [1.82, 2.24) is 29.5 Å². The molecule has 34 heavy (non-hydrogen) atoms. The Balaban J connectivity index is 1.20. The lowest BCUT2D eigenvalue weighted by Crippen LogP contribution is -2.52. The Bertz CT molecular complexity index is 1330. The predicted molar refractivity (Wildman–Crippen MR) is 118 cm³/mol. The first-order valence-corrected chi connectivity index (χ1v) is 12.9. The highest BCUT2D eigenvalue weighted by Crippen LogP contribution is 2.51. The molecule has 178 valence electrons. The molecule has 1 spiro atoms. The maximum atomic E-state index is 13.1. The molecule has 1 atom stereocenters. The fourth-order valence-corrected chi connectivity index (χ4v) is 7.51. The molecule has 1 N–H and O–H groups in total. The van der Waals surface area contributed by atoms with E-state index in [1.165, 1.54) is 13.9 Å². The van der Waals surface area contributed by atoms with Gasteiger partial charge in [0.25, 0.3) is 5.91 Å². The van der Waals surface area contributed by atoms with Crippen LogP contribution in [0.25, 0.3) is 5.69 Å². The second-order valence-corrected chi connectivity index (χ2v) is 11.9. The molecule has 1 saturated carbocycles. The monoisotopic (exact) mass is 484 g/mol. The maximum absolute atomic E-state index is 13.1. The van der Waals surface area contributed by atoms with Crippen LogP contribution in [0.5, 0.6) is 0 Å². The third-order valence-electron chi connectivity index (χ3n) is 7.39. The highest BCUT2D eigenvalue weighted by atomic mass is 32.2. The minimum Gasteiger partial charge on any atom is -0.322 e. The van der Waals surface area contributed by atoms with Crippen LogP contribution >= 0.6 is 0 Å². The highest BCUT2D eigenvalue weighted by molar-refractivity contribution is 7.90. The standard InChI is InChI=1S/C22H24N6O5S/c29-19-5-4-18(20(30)23-19)27-11-14-2-3-16(10-17(14)21(27)31)28-13-15(24-25-28)12-26-9-1-6-22(7-8-22)34(26,32)33/h2-3,10,13,18H,1,4-9,11-12H2,(H,23,29,30). The van der Waals surface area contributed by atoms with Crippen molar-refractivity contribution in [3.05, 3.63) is 41.2 Å². The molecule has 0 bridgehead atoms. The number of imide groups is 1. The summed E-state index contributed by atoms with van der Waals surface area (Å²) in [7, 11) is -3.33. The molecule has 0 radical (unpaired) electrons. The fourth-order valence-electron chi connectivity index (χ4n) is 5.27. The Morgan fingerprint density at radius 3 is 2.74 bits per heavy atom. The molecule has 1 aliphatic carbocycles. The number of carbonyl (C=O) groups is 3. The molecule has 6 rings (SSSR count).